The summed E-state index contributed by atoms with van der Waals surface area (Å²) in [6.07, 6.45) is 2.42. The zero-order valence-corrected chi connectivity index (χ0v) is 14.9. The van der Waals surface area contributed by atoms with Crippen molar-refractivity contribution in [2.45, 2.75) is 13.3 Å². The minimum absolute atomic E-state index is 0.222. The SMILES string of the molecule is CCCS(=O)(=O)N1CCN(c2cc(N3CCOCC3)cnn2)CC1. The van der Waals surface area contributed by atoms with E-state index in [-0.39, 0.29) is 5.75 Å². The molecule has 3 rings (SSSR count). The molecule has 9 heteroatoms. The van der Waals surface area contributed by atoms with Gasteiger partial charge in [-0.15, -0.1) is 5.10 Å². The number of aromatic nitrogens is 2. The van der Waals surface area contributed by atoms with Crippen LogP contribution in [0.3, 0.4) is 0 Å². The van der Waals surface area contributed by atoms with Gasteiger partial charge in [0, 0.05) is 45.3 Å². The molecule has 0 spiro atoms. The molecule has 0 atom stereocenters. The van der Waals surface area contributed by atoms with Crippen LogP contribution in [0.5, 0.6) is 0 Å². The van der Waals surface area contributed by atoms with Gasteiger partial charge in [-0.1, -0.05) is 6.92 Å². The number of hydrogen-bond donors (Lipinski definition) is 0. The minimum Gasteiger partial charge on any atom is -0.378 e. The molecule has 134 valence electrons. The highest BCUT2D eigenvalue weighted by Crippen LogP contribution is 2.21. The van der Waals surface area contributed by atoms with Crippen molar-refractivity contribution >= 4 is 21.5 Å². The van der Waals surface area contributed by atoms with Crippen molar-refractivity contribution in [3.05, 3.63) is 12.3 Å². The van der Waals surface area contributed by atoms with E-state index in [0.717, 1.165) is 37.8 Å². The Morgan fingerprint density at radius 1 is 1.08 bits per heavy atom. The van der Waals surface area contributed by atoms with Crippen LogP contribution in [0, 0.1) is 0 Å². The molecule has 8 nitrogen and oxygen atoms in total. The van der Waals surface area contributed by atoms with Gasteiger partial charge in [-0.2, -0.15) is 9.40 Å². The summed E-state index contributed by atoms with van der Waals surface area (Å²) in [5.74, 6) is 1.03. The average molecular weight is 355 g/mol. The van der Waals surface area contributed by atoms with Crippen LogP contribution in [0.25, 0.3) is 0 Å². The smallest absolute Gasteiger partial charge is 0.214 e. The molecule has 2 aliphatic heterocycles. The summed E-state index contributed by atoms with van der Waals surface area (Å²) in [5.41, 5.74) is 1.05. The van der Waals surface area contributed by atoms with Crippen LogP contribution in [0.4, 0.5) is 11.5 Å². The van der Waals surface area contributed by atoms with E-state index in [9.17, 15) is 8.42 Å². The highest BCUT2D eigenvalue weighted by molar-refractivity contribution is 7.89. The van der Waals surface area contributed by atoms with Gasteiger partial charge in [-0.05, 0) is 6.42 Å². The summed E-state index contributed by atoms with van der Waals surface area (Å²) in [7, 11) is -3.12. The predicted molar refractivity (Wildman–Crippen MR) is 92.9 cm³/mol. The Bertz CT molecular complexity index is 640. The van der Waals surface area contributed by atoms with Gasteiger partial charge in [0.2, 0.25) is 10.0 Å². The van der Waals surface area contributed by atoms with Crippen LogP contribution in [-0.4, -0.2) is 81.2 Å². The first kappa shape index (κ1) is 17.4. The molecule has 0 aromatic carbocycles. The number of nitrogens with zero attached hydrogens (tertiary/aromatic N) is 5. The lowest BCUT2D eigenvalue weighted by molar-refractivity contribution is 0.122. The number of hydrogen-bond acceptors (Lipinski definition) is 7. The Balaban J connectivity index is 1.64. The molecule has 0 unspecified atom stereocenters. The zero-order valence-electron chi connectivity index (χ0n) is 14.1. The summed E-state index contributed by atoms with van der Waals surface area (Å²) >= 11 is 0. The Hall–Kier alpha value is -1.45. The van der Waals surface area contributed by atoms with E-state index in [2.05, 4.69) is 20.0 Å². The van der Waals surface area contributed by atoms with Crippen LogP contribution < -0.4 is 9.80 Å². The van der Waals surface area contributed by atoms with E-state index in [1.807, 2.05) is 13.0 Å². The van der Waals surface area contributed by atoms with Crippen LogP contribution in [-0.2, 0) is 14.8 Å². The fourth-order valence-corrected chi connectivity index (χ4v) is 4.57. The van der Waals surface area contributed by atoms with E-state index in [0.29, 0.717) is 32.6 Å². The number of morpholine rings is 1. The second kappa shape index (κ2) is 7.62. The summed E-state index contributed by atoms with van der Waals surface area (Å²) in [5, 5.41) is 8.36. The molecule has 1 aromatic rings. The largest absolute Gasteiger partial charge is 0.378 e. The minimum atomic E-state index is -3.12. The Morgan fingerprint density at radius 2 is 1.79 bits per heavy atom. The van der Waals surface area contributed by atoms with E-state index in [1.165, 1.54) is 0 Å². The van der Waals surface area contributed by atoms with E-state index >= 15 is 0 Å². The number of ether oxygens (including phenoxy) is 1. The van der Waals surface area contributed by atoms with Crippen molar-refractivity contribution in [2.24, 2.45) is 0 Å². The Kier molecular flexibility index (Phi) is 5.52. The highest BCUT2D eigenvalue weighted by Gasteiger charge is 2.27. The third kappa shape index (κ3) is 3.96. The van der Waals surface area contributed by atoms with E-state index in [1.54, 1.807) is 10.5 Å². The van der Waals surface area contributed by atoms with Crippen LogP contribution >= 0.6 is 0 Å². The molecule has 0 amide bonds. The summed E-state index contributed by atoms with van der Waals surface area (Å²) < 4.78 is 31.3. The molecule has 24 heavy (non-hydrogen) atoms. The van der Waals surface area contributed by atoms with Gasteiger partial charge >= 0.3 is 0 Å². The first-order valence-electron chi connectivity index (χ1n) is 8.48. The number of piperazine rings is 1. The van der Waals surface area contributed by atoms with E-state index < -0.39 is 10.0 Å². The summed E-state index contributed by atoms with van der Waals surface area (Å²) in [6.45, 7) is 7.35. The van der Waals surface area contributed by atoms with Gasteiger partial charge in [0.1, 0.15) is 0 Å². The average Bonchev–Trinajstić information content (AvgIpc) is 2.63. The fraction of sp³-hybridized carbons (Fsp3) is 0.733. The Morgan fingerprint density at radius 3 is 2.46 bits per heavy atom. The van der Waals surface area contributed by atoms with Crippen molar-refractivity contribution in [1.82, 2.24) is 14.5 Å². The zero-order chi connectivity index (χ0) is 17.0. The molecule has 0 N–H and O–H groups in total. The first-order chi connectivity index (χ1) is 11.6. The lowest BCUT2D eigenvalue weighted by atomic mass is 10.3. The maximum Gasteiger partial charge on any atom is 0.214 e. The number of anilines is 2. The molecular formula is C15H25N5O3S. The number of sulfonamides is 1. The van der Waals surface area contributed by atoms with Gasteiger partial charge in [0.25, 0.3) is 0 Å². The highest BCUT2D eigenvalue weighted by atomic mass is 32.2. The van der Waals surface area contributed by atoms with Gasteiger partial charge in [-0.3, -0.25) is 0 Å². The quantitative estimate of drug-likeness (QED) is 0.745. The van der Waals surface area contributed by atoms with Gasteiger partial charge in [-0.25, -0.2) is 8.42 Å². The van der Waals surface area contributed by atoms with Crippen molar-refractivity contribution < 1.29 is 13.2 Å². The van der Waals surface area contributed by atoms with Gasteiger partial charge in [0.05, 0.1) is 30.9 Å². The van der Waals surface area contributed by atoms with Crippen LogP contribution in [0.2, 0.25) is 0 Å². The lowest BCUT2D eigenvalue weighted by Crippen LogP contribution is -2.49. The summed E-state index contributed by atoms with van der Waals surface area (Å²) in [6, 6.07) is 2.04. The third-order valence-corrected chi connectivity index (χ3v) is 6.50. The molecule has 3 heterocycles. The van der Waals surface area contributed by atoms with Crippen molar-refractivity contribution in [1.29, 1.82) is 0 Å². The topological polar surface area (TPSA) is 78.9 Å². The third-order valence-electron chi connectivity index (χ3n) is 4.42. The molecule has 0 saturated carbocycles. The van der Waals surface area contributed by atoms with E-state index in [4.69, 9.17) is 4.74 Å². The predicted octanol–water partition coefficient (Wildman–Crippen LogP) is 0.175. The lowest BCUT2D eigenvalue weighted by Gasteiger charge is -2.35. The van der Waals surface area contributed by atoms with Crippen LogP contribution in [0.1, 0.15) is 13.3 Å². The molecule has 0 aliphatic carbocycles. The second-order valence-electron chi connectivity index (χ2n) is 6.07. The summed E-state index contributed by atoms with van der Waals surface area (Å²) in [4.78, 5) is 4.35. The molecular weight excluding hydrogens is 330 g/mol. The number of rotatable bonds is 5. The second-order valence-corrected chi connectivity index (χ2v) is 8.16. The molecule has 1 aromatic heterocycles. The normalized spacial score (nSPS) is 20.4. The molecule has 2 aliphatic rings. The molecule has 0 radical (unpaired) electrons. The van der Waals surface area contributed by atoms with Crippen LogP contribution in [0.15, 0.2) is 12.3 Å². The molecule has 0 bridgehead atoms. The van der Waals surface area contributed by atoms with Crippen molar-refractivity contribution in [3.63, 3.8) is 0 Å². The standard InChI is InChI=1S/C15H25N5O3S/c1-2-11-24(21,22)20-5-3-19(4-6-20)15-12-14(13-16-17-15)18-7-9-23-10-8-18/h12-13H,2-11H2,1H3. The maximum absolute atomic E-state index is 12.2. The Labute approximate surface area is 143 Å². The first-order valence-corrected chi connectivity index (χ1v) is 10.1. The van der Waals surface area contributed by atoms with Crippen molar-refractivity contribution in [3.8, 4) is 0 Å². The van der Waals surface area contributed by atoms with Gasteiger partial charge < -0.3 is 14.5 Å². The van der Waals surface area contributed by atoms with Gasteiger partial charge in [0.15, 0.2) is 5.82 Å². The maximum atomic E-state index is 12.2. The molecule has 2 saturated heterocycles. The molecule has 2 fully saturated rings. The monoisotopic (exact) mass is 355 g/mol. The fourth-order valence-electron chi connectivity index (χ4n) is 3.08. The van der Waals surface area contributed by atoms with Crippen molar-refractivity contribution in [2.75, 3.05) is 68.0 Å².